The maximum atomic E-state index is 13.6. The largest absolute Gasteiger partial charge is 0.421 e. The molecule has 5 aromatic rings. The van der Waals surface area contributed by atoms with E-state index in [9.17, 15) is 9.18 Å². The van der Waals surface area contributed by atoms with E-state index >= 15 is 0 Å². The minimum Gasteiger partial charge on any atom is -0.421 e. The molecule has 0 radical (unpaired) electrons. The first-order chi connectivity index (χ1) is 21.3. The summed E-state index contributed by atoms with van der Waals surface area (Å²) in [5.74, 6) is 0.138. The summed E-state index contributed by atoms with van der Waals surface area (Å²) in [7, 11) is 0. The molecule has 9 heteroatoms. The number of aryl methyl sites for hydroxylation is 4. The highest BCUT2D eigenvalue weighted by Gasteiger charge is 2.29. The average molecular weight is 610 g/mol. The first kappa shape index (κ1) is 29.8. The number of amides is 1. The van der Waals surface area contributed by atoms with Gasteiger partial charge in [-0.05, 0) is 79.0 Å². The lowest BCUT2D eigenvalue weighted by atomic mass is 9.91. The fourth-order valence-electron chi connectivity index (χ4n) is 6.06. The summed E-state index contributed by atoms with van der Waals surface area (Å²) in [4.78, 5) is 20.3. The van der Waals surface area contributed by atoms with E-state index in [2.05, 4.69) is 59.7 Å². The maximum absolute atomic E-state index is 13.6. The number of thiophene rings is 1. The molecule has 1 atom stereocenters. The normalized spacial score (nSPS) is 14.3. The summed E-state index contributed by atoms with van der Waals surface area (Å²) < 4.78 is 19.6. The molecule has 0 aliphatic heterocycles. The summed E-state index contributed by atoms with van der Waals surface area (Å²) in [5, 5.41) is 12.2. The average Bonchev–Trinajstić information content (AvgIpc) is 3.75. The monoisotopic (exact) mass is 609 g/mol. The number of carbonyl (C=O) groups excluding carboxylic acids is 1. The molecule has 226 valence electrons. The summed E-state index contributed by atoms with van der Waals surface area (Å²) in [6.45, 7) is 6.62. The summed E-state index contributed by atoms with van der Waals surface area (Å²) in [6.07, 6.45) is 3.88. The number of hydrogen-bond donors (Lipinski definition) is 2. The Morgan fingerprint density at radius 2 is 1.84 bits per heavy atom. The number of hydrogen-bond acceptors (Lipinski definition) is 7. The molecular formula is C35H36FN5O2S. The number of benzene rings is 2. The number of nitrogens with zero attached hydrogens (tertiary/aromatic N) is 3. The molecule has 1 aliphatic rings. The van der Waals surface area contributed by atoms with E-state index in [1.54, 1.807) is 30.4 Å². The third-order valence-corrected chi connectivity index (χ3v) is 9.17. The molecule has 1 aliphatic carbocycles. The fraction of sp³-hybridized carbons (Fsp3) is 0.314. The zero-order chi connectivity index (χ0) is 30.8. The van der Waals surface area contributed by atoms with Gasteiger partial charge in [-0.1, -0.05) is 50.2 Å². The molecular weight excluding hydrogens is 573 g/mol. The molecule has 7 nitrogen and oxygen atoms in total. The molecule has 6 rings (SSSR count). The van der Waals surface area contributed by atoms with Crippen LogP contribution in [0.1, 0.15) is 75.5 Å². The zero-order valence-corrected chi connectivity index (χ0v) is 26.0. The Morgan fingerprint density at radius 1 is 1.05 bits per heavy atom. The third kappa shape index (κ3) is 6.34. The first-order valence-corrected chi connectivity index (χ1v) is 15.9. The van der Waals surface area contributed by atoms with E-state index in [1.165, 1.54) is 23.3 Å². The zero-order valence-electron chi connectivity index (χ0n) is 25.2. The molecule has 0 spiro atoms. The molecule has 2 aromatic carbocycles. The smallest absolute Gasteiger partial charge is 0.251 e. The minimum absolute atomic E-state index is 0.243. The van der Waals surface area contributed by atoms with E-state index in [1.807, 2.05) is 6.07 Å². The van der Waals surface area contributed by atoms with Crippen molar-refractivity contribution in [1.82, 2.24) is 20.5 Å². The molecule has 0 saturated carbocycles. The maximum Gasteiger partial charge on any atom is 0.251 e. The number of carbonyl (C=O) groups is 1. The van der Waals surface area contributed by atoms with Gasteiger partial charge >= 0.3 is 0 Å². The molecule has 0 fully saturated rings. The number of pyridine rings is 1. The van der Waals surface area contributed by atoms with Crippen molar-refractivity contribution in [1.29, 1.82) is 0 Å². The van der Waals surface area contributed by atoms with Crippen LogP contribution in [0, 0.1) is 18.7 Å². The topological polar surface area (TPSA) is 107 Å². The van der Waals surface area contributed by atoms with Gasteiger partial charge in [0.05, 0.1) is 22.5 Å². The highest BCUT2D eigenvalue weighted by Crippen LogP contribution is 2.42. The fourth-order valence-corrected chi connectivity index (χ4v) is 7.07. The van der Waals surface area contributed by atoms with Crippen molar-refractivity contribution in [3.05, 3.63) is 111 Å². The number of nitrogens with one attached hydrogen (secondary N) is 1. The van der Waals surface area contributed by atoms with Gasteiger partial charge in [0.1, 0.15) is 5.82 Å². The summed E-state index contributed by atoms with van der Waals surface area (Å²) >= 11 is 1.62. The standard InChI is InChI=1S/C35H36FN5O2S/c1-20(2)18-29-31(34(37)42)33(30-17-14-25(44-30)19-38-27-16-11-23-6-4-5-7-26(23)27)32(35-41-40-21(3)43-35)28(39-29)15-10-22-8-12-24(36)13-9-22/h4-9,12-14,17,20,27,38H,10-11,15-16,18-19H2,1-3H3,(H2,37,42)/t27-/m1/s1. The van der Waals surface area contributed by atoms with Crippen LogP contribution in [0.25, 0.3) is 21.9 Å². The van der Waals surface area contributed by atoms with Crippen LogP contribution in [-0.2, 0) is 32.2 Å². The second-order valence-electron chi connectivity index (χ2n) is 11.8. The van der Waals surface area contributed by atoms with Crippen molar-refractivity contribution in [3.8, 4) is 21.9 Å². The molecule has 3 N–H and O–H groups in total. The van der Waals surface area contributed by atoms with Gasteiger partial charge in [0.15, 0.2) is 0 Å². The van der Waals surface area contributed by atoms with Crippen LogP contribution in [0.2, 0.25) is 0 Å². The van der Waals surface area contributed by atoms with Gasteiger partial charge in [-0.3, -0.25) is 9.78 Å². The molecule has 0 bridgehead atoms. The molecule has 1 amide bonds. The Labute approximate surface area is 260 Å². The Balaban J connectivity index is 1.42. The quantitative estimate of drug-likeness (QED) is 0.164. The van der Waals surface area contributed by atoms with Gasteiger partial charge in [-0.2, -0.15) is 0 Å². The van der Waals surface area contributed by atoms with Gasteiger partial charge in [-0.15, -0.1) is 21.5 Å². The van der Waals surface area contributed by atoms with Crippen LogP contribution < -0.4 is 11.1 Å². The molecule has 0 saturated heterocycles. The highest BCUT2D eigenvalue weighted by atomic mass is 32.1. The number of primary amides is 1. The number of nitrogens with two attached hydrogens (primary N) is 1. The van der Waals surface area contributed by atoms with Crippen molar-refractivity contribution in [2.24, 2.45) is 11.7 Å². The summed E-state index contributed by atoms with van der Waals surface area (Å²) in [5.41, 5.74) is 13.0. The van der Waals surface area contributed by atoms with Crippen molar-refractivity contribution >= 4 is 17.2 Å². The number of fused-ring (bicyclic) bond motifs is 1. The van der Waals surface area contributed by atoms with Crippen molar-refractivity contribution in [2.75, 3.05) is 0 Å². The molecule has 0 unspecified atom stereocenters. The molecule has 3 heterocycles. The van der Waals surface area contributed by atoms with E-state index in [-0.39, 0.29) is 11.7 Å². The Bertz CT molecular complexity index is 1790. The van der Waals surface area contributed by atoms with Crippen LogP contribution in [-0.4, -0.2) is 21.1 Å². The lowest BCUT2D eigenvalue weighted by molar-refractivity contribution is 0.0999. The number of rotatable bonds is 11. The second-order valence-corrected chi connectivity index (χ2v) is 13.0. The lowest BCUT2D eigenvalue weighted by Gasteiger charge is -2.19. The van der Waals surface area contributed by atoms with Crippen molar-refractivity contribution in [2.45, 2.75) is 65.5 Å². The first-order valence-electron chi connectivity index (χ1n) is 15.1. The Hall–Kier alpha value is -4.21. The van der Waals surface area contributed by atoms with Crippen LogP contribution in [0.3, 0.4) is 0 Å². The van der Waals surface area contributed by atoms with Gasteiger partial charge in [-0.25, -0.2) is 4.39 Å². The van der Waals surface area contributed by atoms with E-state index < -0.39 is 5.91 Å². The van der Waals surface area contributed by atoms with Gasteiger partial charge in [0.25, 0.3) is 5.91 Å². The van der Waals surface area contributed by atoms with E-state index in [0.717, 1.165) is 33.9 Å². The van der Waals surface area contributed by atoms with Crippen molar-refractivity contribution in [3.63, 3.8) is 0 Å². The van der Waals surface area contributed by atoms with Crippen LogP contribution >= 0.6 is 11.3 Å². The highest BCUT2D eigenvalue weighted by molar-refractivity contribution is 7.15. The Kier molecular flexibility index (Phi) is 8.68. The van der Waals surface area contributed by atoms with E-state index in [4.69, 9.17) is 15.1 Å². The number of halogens is 1. The lowest BCUT2D eigenvalue weighted by Crippen LogP contribution is -2.20. The van der Waals surface area contributed by atoms with Crippen LogP contribution in [0.4, 0.5) is 4.39 Å². The van der Waals surface area contributed by atoms with Gasteiger partial charge < -0.3 is 15.5 Å². The molecule has 3 aromatic heterocycles. The predicted molar refractivity (Wildman–Crippen MR) is 171 cm³/mol. The van der Waals surface area contributed by atoms with Gasteiger partial charge in [0, 0.05) is 34.8 Å². The third-order valence-electron chi connectivity index (χ3n) is 8.06. The van der Waals surface area contributed by atoms with Crippen LogP contribution in [0.5, 0.6) is 0 Å². The summed E-state index contributed by atoms with van der Waals surface area (Å²) in [6, 6.07) is 19.5. The molecule has 44 heavy (non-hydrogen) atoms. The Morgan fingerprint density at radius 3 is 2.57 bits per heavy atom. The SMILES string of the molecule is Cc1nnc(-c2c(CCc3ccc(F)cc3)nc(CC(C)C)c(C(N)=O)c2-c2ccc(CN[C@@H]3CCc4ccccc43)s2)o1. The second kappa shape index (κ2) is 12.8. The predicted octanol–water partition coefficient (Wildman–Crippen LogP) is 7.17. The van der Waals surface area contributed by atoms with Crippen molar-refractivity contribution < 1.29 is 13.6 Å². The minimum atomic E-state index is -0.540. The van der Waals surface area contributed by atoms with E-state index in [0.29, 0.717) is 66.0 Å². The van der Waals surface area contributed by atoms with Crippen LogP contribution in [0.15, 0.2) is 65.1 Å². The number of aromatic nitrogens is 3. The van der Waals surface area contributed by atoms with Gasteiger partial charge in [0.2, 0.25) is 11.8 Å².